The number of aliphatic imine (C=N–C) groups is 1. The molecular weight excluding hydrogens is 428 g/mol. The maximum Gasteiger partial charge on any atom is 0.280 e. The van der Waals surface area contributed by atoms with E-state index in [1.807, 2.05) is 42.5 Å². The van der Waals surface area contributed by atoms with E-state index in [-0.39, 0.29) is 11.2 Å². The van der Waals surface area contributed by atoms with Gasteiger partial charge in [0.2, 0.25) is 0 Å². The van der Waals surface area contributed by atoms with Crippen molar-refractivity contribution in [1.29, 1.82) is 0 Å². The van der Waals surface area contributed by atoms with Gasteiger partial charge in [0.05, 0.1) is 28.4 Å². The Balaban J connectivity index is 1.79. The first-order chi connectivity index (χ1) is 15.4. The van der Waals surface area contributed by atoms with Crippen LogP contribution in [0.1, 0.15) is 18.1 Å². The largest absolute Gasteiger partial charge is 0.290 e. The maximum atomic E-state index is 13.4. The molecule has 0 aliphatic heterocycles. The molecule has 1 heterocycles. The fourth-order valence-corrected chi connectivity index (χ4v) is 3.50. The third-order valence-corrected chi connectivity index (χ3v) is 5.30. The minimum atomic E-state index is -0.477. The Morgan fingerprint density at radius 2 is 1.69 bits per heavy atom. The Bertz CT molecular complexity index is 1340. The Morgan fingerprint density at radius 1 is 1.03 bits per heavy atom. The highest BCUT2D eigenvalue weighted by atomic mass is 35.5. The molecular formula is C24H19ClN4O3. The molecule has 0 aliphatic rings. The predicted molar refractivity (Wildman–Crippen MR) is 126 cm³/mol. The van der Waals surface area contributed by atoms with Gasteiger partial charge in [-0.3, -0.25) is 25.0 Å². The molecule has 3 aromatic carbocycles. The Morgan fingerprint density at radius 3 is 2.31 bits per heavy atom. The van der Waals surface area contributed by atoms with Crippen molar-refractivity contribution in [2.45, 2.75) is 13.5 Å². The molecule has 0 radical (unpaired) electrons. The molecule has 0 saturated heterocycles. The van der Waals surface area contributed by atoms with Gasteiger partial charge < -0.3 is 0 Å². The van der Waals surface area contributed by atoms with Gasteiger partial charge in [0.25, 0.3) is 11.2 Å². The van der Waals surface area contributed by atoms with Gasteiger partial charge in [0.15, 0.2) is 0 Å². The first kappa shape index (κ1) is 21.3. The molecule has 0 amide bonds. The average molecular weight is 447 g/mol. The summed E-state index contributed by atoms with van der Waals surface area (Å²) in [6.07, 6.45) is 0. The van der Waals surface area contributed by atoms with Gasteiger partial charge in [-0.1, -0.05) is 54.1 Å². The fraction of sp³-hybridized carbons (Fsp3) is 0.0833. The number of halogens is 1. The Hall–Kier alpha value is -3.97. The van der Waals surface area contributed by atoms with Crippen molar-refractivity contribution in [3.63, 3.8) is 0 Å². The van der Waals surface area contributed by atoms with E-state index in [1.165, 1.54) is 28.9 Å². The number of hydrogen-bond acceptors (Lipinski definition) is 4. The van der Waals surface area contributed by atoms with Crippen LogP contribution in [0.4, 0.5) is 5.69 Å². The molecule has 0 unspecified atom stereocenters. The molecule has 0 aliphatic carbocycles. The summed E-state index contributed by atoms with van der Waals surface area (Å²) in [5.74, 6) is 0. The summed E-state index contributed by atoms with van der Waals surface area (Å²) < 4.78 is 1.38. The zero-order valence-electron chi connectivity index (χ0n) is 17.2. The standard InChI is InChI=1S/C24H19ClN4O3/c1-16(26-15-17-7-9-19(25)10-8-17)22-23(18-5-3-2-4-6-18)27-28(24(22)30)20-11-13-21(14-12-20)29(31)32/h2-14,27H,15H2,1H3. The lowest BCUT2D eigenvalue weighted by Gasteiger charge is -2.03. The Kier molecular flexibility index (Phi) is 6.00. The van der Waals surface area contributed by atoms with Gasteiger partial charge in [-0.2, -0.15) is 0 Å². The molecule has 8 heteroatoms. The first-order valence-corrected chi connectivity index (χ1v) is 10.2. The normalized spacial score (nSPS) is 11.5. The number of nitrogens with one attached hydrogen (secondary N) is 1. The molecule has 0 spiro atoms. The van der Waals surface area contributed by atoms with E-state index in [1.54, 1.807) is 19.1 Å². The smallest absolute Gasteiger partial charge is 0.280 e. The number of rotatable bonds is 6. The van der Waals surface area contributed by atoms with Gasteiger partial charge in [-0.15, -0.1) is 0 Å². The highest BCUT2D eigenvalue weighted by Crippen LogP contribution is 2.22. The number of aromatic amines is 1. The molecule has 32 heavy (non-hydrogen) atoms. The van der Waals surface area contributed by atoms with E-state index in [9.17, 15) is 14.9 Å². The van der Waals surface area contributed by atoms with Gasteiger partial charge in [-0.25, -0.2) is 4.68 Å². The van der Waals surface area contributed by atoms with Crippen LogP contribution < -0.4 is 5.56 Å². The number of hydrogen-bond donors (Lipinski definition) is 1. The van der Waals surface area contributed by atoms with Crippen molar-refractivity contribution < 1.29 is 4.92 Å². The van der Waals surface area contributed by atoms with Crippen molar-refractivity contribution in [2.24, 2.45) is 4.99 Å². The zero-order chi connectivity index (χ0) is 22.7. The van der Waals surface area contributed by atoms with Crippen LogP contribution in [-0.2, 0) is 6.54 Å². The lowest BCUT2D eigenvalue weighted by Crippen LogP contribution is -2.19. The number of nitrogens with zero attached hydrogens (tertiary/aromatic N) is 3. The minimum Gasteiger partial charge on any atom is -0.290 e. The van der Waals surface area contributed by atoms with Crippen molar-refractivity contribution in [2.75, 3.05) is 0 Å². The van der Waals surface area contributed by atoms with Gasteiger partial charge >= 0.3 is 0 Å². The highest BCUT2D eigenvalue weighted by molar-refractivity contribution is 6.30. The number of benzene rings is 3. The predicted octanol–water partition coefficient (Wildman–Crippen LogP) is 5.40. The highest BCUT2D eigenvalue weighted by Gasteiger charge is 2.19. The van der Waals surface area contributed by atoms with E-state index in [4.69, 9.17) is 11.6 Å². The van der Waals surface area contributed by atoms with Crippen LogP contribution in [0.5, 0.6) is 0 Å². The number of nitro groups is 1. The van der Waals surface area contributed by atoms with Gasteiger partial charge in [0, 0.05) is 28.4 Å². The van der Waals surface area contributed by atoms with E-state index in [2.05, 4.69) is 10.1 Å². The van der Waals surface area contributed by atoms with Crippen molar-refractivity contribution in [3.8, 4) is 16.9 Å². The monoisotopic (exact) mass is 446 g/mol. The average Bonchev–Trinajstić information content (AvgIpc) is 3.16. The third-order valence-electron chi connectivity index (χ3n) is 5.05. The molecule has 0 saturated carbocycles. The summed E-state index contributed by atoms with van der Waals surface area (Å²) in [6.45, 7) is 2.20. The lowest BCUT2D eigenvalue weighted by atomic mass is 10.1. The summed E-state index contributed by atoms with van der Waals surface area (Å²) >= 11 is 5.95. The van der Waals surface area contributed by atoms with Crippen molar-refractivity contribution in [1.82, 2.24) is 9.78 Å². The van der Waals surface area contributed by atoms with Crippen molar-refractivity contribution in [3.05, 3.63) is 115 Å². The molecule has 0 atom stereocenters. The number of H-pyrrole nitrogens is 1. The second-order valence-electron chi connectivity index (χ2n) is 7.17. The molecule has 1 N–H and O–H groups in total. The van der Waals surface area contributed by atoms with E-state index in [0.29, 0.717) is 34.2 Å². The van der Waals surface area contributed by atoms with Crippen molar-refractivity contribution >= 4 is 23.0 Å². The number of nitro benzene ring substituents is 1. The molecule has 1 aromatic heterocycles. The van der Waals surface area contributed by atoms with E-state index < -0.39 is 4.92 Å². The quantitative estimate of drug-likeness (QED) is 0.244. The number of aromatic nitrogens is 2. The van der Waals surface area contributed by atoms with Crippen LogP contribution in [0.3, 0.4) is 0 Å². The first-order valence-electron chi connectivity index (χ1n) is 9.85. The summed E-state index contributed by atoms with van der Waals surface area (Å²) in [7, 11) is 0. The van der Waals surface area contributed by atoms with E-state index >= 15 is 0 Å². The molecule has 160 valence electrons. The summed E-state index contributed by atoms with van der Waals surface area (Å²) in [4.78, 5) is 28.5. The van der Waals surface area contributed by atoms with Crippen LogP contribution in [0.15, 0.2) is 88.6 Å². The van der Waals surface area contributed by atoms with Gasteiger partial charge in [-0.05, 0) is 36.8 Å². The van der Waals surface area contributed by atoms with Crippen LogP contribution in [0.25, 0.3) is 16.9 Å². The van der Waals surface area contributed by atoms with Crippen LogP contribution in [0.2, 0.25) is 5.02 Å². The van der Waals surface area contributed by atoms with Crippen LogP contribution >= 0.6 is 11.6 Å². The zero-order valence-corrected chi connectivity index (χ0v) is 17.9. The second-order valence-corrected chi connectivity index (χ2v) is 7.61. The fourth-order valence-electron chi connectivity index (χ4n) is 3.37. The van der Waals surface area contributed by atoms with E-state index in [0.717, 1.165) is 11.1 Å². The summed E-state index contributed by atoms with van der Waals surface area (Å²) in [6, 6.07) is 22.7. The molecule has 7 nitrogen and oxygen atoms in total. The Labute approximate surface area is 188 Å². The third kappa shape index (κ3) is 4.38. The minimum absolute atomic E-state index is 0.0439. The maximum absolute atomic E-state index is 13.4. The van der Waals surface area contributed by atoms with Gasteiger partial charge in [0.1, 0.15) is 0 Å². The topological polar surface area (TPSA) is 93.3 Å². The summed E-state index contributed by atoms with van der Waals surface area (Å²) in [5.41, 5.74) is 3.64. The molecule has 4 aromatic rings. The van der Waals surface area contributed by atoms with Crippen LogP contribution in [0, 0.1) is 10.1 Å². The number of non-ortho nitro benzene ring substituents is 1. The molecule has 0 fully saturated rings. The SMILES string of the molecule is CC(=NCc1ccc(Cl)cc1)c1c(-c2ccccc2)[nH]n(-c2ccc([N+](=O)[O-])cc2)c1=O. The molecule has 4 rings (SSSR count). The summed E-state index contributed by atoms with van der Waals surface area (Å²) in [5, 5.41) is 14.8. The lowest BCUT2D eigenvalue weighted by molar-refractivity contribution is -0.384. The second kappa shape index (κ2) is 9.03. The molecule has 0 bridgehead atoms. The van der Waals surface area contributed by atoms with Crippen LogP contribution in [-0.4, -0.2) is 20.4 Å².